The van der Waals surface area contributed by atoms with Gasteiger partial charge in [-0.15, -0.1) is 0 Å². The van der Waals surface area contributed by atoms with Crippen LogP contribution in [0.3, 0.4) is 0 Å². The second-order valence-electron chi connectivity index (χ2n) is 5.46. The van der Waals surface area contributed by atoms with Crippen molar-refractivity contribution in [3.05, 3.63) is 11.4 Å². The number of nitrogens with two attached hydrogens (primary N) is 1. The van der Waals surface area contributed by atoms with Gasteiger partial charge in [0.1, 0.15) is 6.54 Å². The number of hydrogen-bond donors (Lipinski definition) is 2. The molecule has 6 nitrogen and oxygen atoms in total. The summed E-state index contributed by atoms with van der Waals surface area (Å²) in [6.07, 6.45) is 1.69. The highest BCUT2D eigenvalue weighted by Crippen LogP contribution is 2.20. The van der Waals surface area contributed by atoms with Crippen LogP contribution in [0.15, 0.2) is 0 Å². The lowest BCUT2D eigenvalue weighted by Gasteiger charge is -2.34. The summed E-state index contributed by atoms with van der Waals surface area (Å²) < 4.78 is 6.97. The first-order valence-electron chi connectivity index (χ1n) is 6.59. The SMILES string of the molecule is Cc1nn(CC(=O)NC2(C)CCOCC2)c(C)c1N. The van der Waals surface area contributed by atoms with E-state index in [1.807, 2.05) is 13.8 Å². The highest BCUT2D eigenvalue weighted by Gasteiger charge is 2.29. The lowest BCUT2D eigenvalue weighted by atomic mass is 9.92. The van der Waals surface area contributed by atoms with Crippen molar-refractivity contribution in [1.82, 2.24) is 15.1 Å². The van der Waals surface area contributed by atoms with E-state index in [2.05, 4.69) is 17.3 Å². The zero-order chi connectivity index (χ0) is 14.0. The lowest BCUT2D eigenvalue weighted by Crippen LogP contribution is -2.50. The maximum Gasteiger partial charge on any atom is 0.242 e. The second kappa shape index (κ2) is 5.21. The van der Waals surface area contributed by atoms with Crippen molar-refractivity contribution < 1.29 is 9.53 Å². The average Bonchev–Trinajstić information content (AvgIpc) is 2.57. The summed E-state index contributed by atoms with van der Waals surface area (Å²) >= 11 is 0. The zero-order valence-electron chi connectivity index (χ0n) is 11.8. The van der Waals surface area contributed by atoms with Crippen molar-refractivity contribution in [3.63, 3.8) is 0 Å². The summed E-state index contributed by atoms with van der Waals surface area (Å²) in [7, 11) is 0. The fourth-order valence-electron chi connectivity index (χ4n) is 2.32. The summed E-state index contributed by atoms with van der Waals surface area (Å²) in [5.41, 5.74) is 7.95. The predicted octanol–water partition coefficient (Wildman–Crippen LogP) is 0.767. The lowest BCUT2D eigenvalue weighted by molar-refractivity contribution is -0.124. The minimum absolute atomic E-state index is 0.0324. The van der Waals surface area contributed by atoms with Crippen LogP contribution in [0, 0.1) is 13.8 Å². The maximum absolute atomic E-state index is 12.1. The van der Waals surface area contributed by atoms with E-state index in [9.17, 15) is 4.79 Å². The minimum atomic E-state index is -0.170. The summed E-state index contributed by atoms with van der Waals surface area (Å²) in [6, 6.07) is 0. The Morgan fingerprint density at radius 3 is 2.63 bits per heavy atom. The molecule has 1 saturated heterocycles. The standard InChI is InChI=1S/C13H22N4O2/c1-9-12(14)10(2)17(16-9)8-11(18)15-13(3)4-6-19-7-5-13/h4-8,14H2,1-3H3,(H,15,18). The quantitative estimate of drug-likeness (QED) is 0.846. The Morgan fingerprint density at radius 1 is 1.47 bits per heavy atom. The fourth-order valence-corrected chi connectivity index (χ4v) is 2.32. The number of nitrogens with zero attached hydrogens (tertiary/aromatic N) is 2. The van der Waals surface area contributed by atoms with E-state index >= 15 is 0 Å². The van der Waals surface area contributed by atoms with Gasteiger partial charge in [0.15, 0.2) is 0 Å². The largest absolute Gasteiger partial charge is 0.396 e. The van der Waals surface area contributed by atoms with Gasteiger partial charge in [0, 0.05) is 18.8 Å². The molecule has 0 aromatic carbocycles. The van der Waals surface area contributed by atoms with Crippen molar-refractivity contribution >= 4 is 11.6 Å². The molecule has 0 atom stereocenters. The zero-order valence-corrected chi connectivity index (χ0v) is 11.8. The topological polar surface area (TPSA) is 82.2 Å². The molecule has 0 bridgehead atoms. The third-order valence-electron chi connectivity index (χ3n) is 3.77. The number of aryl methyl sites for hydroxylation is 1. The number of ether oxygens (including phenoxy) is 1. The first-order valence-corrected chi connectivity index (χ1v) is 6.59. The number of rotatable bonds is 3. The Hall–Kier alpha value is -1.56. The molecule has 0 unspecified atom stereocenters. The molecule has 0 aliphatic carbocycles. The van der Waals surface area contributed by atoms with E-state index in [0.717, 1.165) is 24.2 Å². The molecular weight excluding hydrogens is 244 g/mol. The van der Waals surface area contributed by atoms with E-state index in [0.29, 0.717) is 18.9 Å². The Balaban J connectivity index is 1.99. The van der Waals surface area contributed by atoms with Crippen LogP contribution in [-0.4, -0.2) is 34.4 Å². The number of carbonyl (C=O) groups is 1. The van der Waals surface area contributed by atoms with Gasteiger partial charge >= 0.3 is 0 Å². The van der Waals surface area contributed by atoms with Gasteiger partial charge in [-0.05, 0) is 33.6 Å². The summed E-state index contributed by atoms with van der Waals surface area (Å²) in [5.74, 6) is -0.0324. The number of anilines is 1. The Morgan fingerprint density at radius 2 is 2.11 bits per heavy atom. The van der Waals surface area contributed by atoms with Crippen LogP contribution in [0.4, 0.5) is 5.69 Å². The predicted molar refractivity (Wildman–Crippen MR) is 72.7 cm³/mol. The number of nitrogens with one attached hydrogen (secondary N) is 1. The highest BCUT2D eigenvalue weighted by atomic mass is 16.5. The van der Waals surface area contributed by atoms with Crippen molar-refractivity contribution in [2.24, 2.45) is 0 Å². The number of aromatic nitrogens is 2. The normalized spacial score (nSPS) is 18.3. The molecule has 1 fully saturated rings. The van der Waals surface area contributed by atoms with Gasteiger partial charge in [0.25, 0.3) is 0 Å². The molecule has 0 saturated carbocycles. The van der Waals surface area contributed by atoms with Gasteiger partial charge in [-0.2, -0.15) is 5.10 Å². The van der Waals surface area contributed by atoms with Crippen LogP contribution in [0.2, 0.25) is 0 Å². The van der Waals surface area contributed by atoms with Gasteiger partial charge in [-0.3, -0.25) is 9.48 Å². The first-order chi connectivity index (χ1) is 8.91. The maximum atomic E-state index is 12.1. The van der Waals surface area contributed by atoms with Crippen LogP contribution in [0.25, 0.3) is 0 Å². The highest BCUT2D eigenvalue weighted by molar-refractivity contribution is 5.76. The molecule has 0 spiro atoms. The molecule has 1 aromatic heterocycles. The van der Waals surface area contributed by atoms with E-state index in [1.165, 1.54) is 0 Å². The van der Waals surface area contributed by atoms with Crippen molar-refractivity contribution in [2.75, 3.05) is 18.9 Å². The fraction of sp³-hybridized carbons (Fsp3) is 0.692. The van der Waals surface area contributed by atoms with Crippen LogP contribution in [0.1, 0.15) is 31.2 Å². The number of amides is 1. The Labute approximate surface area is 113 Å². The number of carbonyl (C=O) groups excluding carboxylic acids is 1. The van der Waals surface area contributed by atoms with Crippen molar-refractivity contribution in [3.8, 4) is 0 Å². The van der Waals surface area contributed by atoms with Crippen LogP contribution >= 0.6 is 0 Å². The van der Waals surface area contributed by atoms with E-state index in [-0.39, 0.29) is 18.0 Å². The van der Waals surface area contributed by atoms with Gasteiger partial charge in [-0.1, -0.05) is 0 Å². The number of nitrogen functional groups attached to an aromatic ring is 1. The molecule has 3 N–H and O–H groups in total. The van der Waals surface area contributed by atoms with Gasteiger partial charge in [0.05, 0.1) is 17.1 Å². The Kier molecular flexibility index (Phi) is 3.80. The smallest absolute Gasteiger partial charge is 0.242 e. The molecule has 1 aliphatic heterocycles. The summed E-state index contributed by atoms with van der Waals surface area (Å²) in [4.78, 5) is 12.1. The molecule has 1 aliphatic rings. The molecule has 1 aromatic rings. The second-order valence-corrected chi connectivity index (χ2v) is 5.46. The number of hydrogen-bond acceptors (Lipinski definition) is 4. The molecular formula is C13H22N4O2. The van der Waals surface area contributed by atoms with Crippen LogP contribution in [-0.2, 0) is 16.1 Å². The van der Waals surface area contributed by atoms with Gasteiger partial charge in [0.2, 0.25) is 5.91 Å². The molecule has 2 rings (SSSR count). The molecule has 0 radical (unpaired) electrons. The van der Waals surface area contributed by atoms with E-state index in [1.54, 1.807) is 4.68 Å². The van der Waals surface area contributed by atoms with Crippen molar-refractivity contribution in [1.29, 1.82) is 0 Å². The monoisotopic (exact) mass is 266 g/mol. The van der Waals surface area contributed by atoms with E-state index in [4.69, 9.17) is 10.5 Å². The molecule has 106 valence electrons. The molecule has 2 heterocycles. The van der Waals surface area contributed by atoms with Gasteiger partial charge in [-0.25, -0.2) is 0 Å². The third-order valence-corrected chi connectivity index (χ3v) is 3.77. The average molecular weight is 266 g/mol. The van der Waals surface area contributed by atoms with E-state index < -0.39 is 0 Å². The molecule has 6 heteroatoms. The van der Waals surface area contributed by atoms with Gasteiger partial charge < -0.3 is 15.8 Å². The van der Waals surface area contributed by atoms with Crippen LogP contribution in [0.5, 0.6) is 0 Å². The summed E-state index contributed by atoms with van der Waals surface area (Å²) in [5, 5.41) is 7.35. The van der Waals surface area contributed by atoms with Crippen molar-refractivity contribution in [2.45, 2.75) is 45.7 Å². The Bertz CT molecular complexity index is 475. The molecule has 19 heavy (non-hydrogen) atoms. The molecule has 1 amide bonds. The summed E-state index contributed by atoms with van der Waals surface area (Å²) in [6.45, 7) is 7.38. The minimum Gasteiger partial charge on any atom is -0.396 e. The third kappa shape index (κ3) is 3.07. The van der Waals surface area contributed by atoms with Crippen LogP contribution < -0.4 is 11.1 Å². The first kappa shape index (κ1) is 13.9.